The molecule has 0 spiro atoms. The van der Waals surface area contributed by atoms with Gasteiger partial charge in [0.25, 0.3) is 0 Å². The number of hydrogen-bond donors (Lipinski definition) is 1. The highest BCUT2D eigenvalue weighted by Crippen LogP contribution is 2.36. The Labute approximate surface area is 125 Å². The topological polar surface area (TPSA) is 70.9 Å². The van der Waals surface area contributed by atoms with Gasteiger partial charge in [0.05, 0.1) is 18.4 Å². The number of nitrogens with zero attached hydrogens (tertiary/aromatic N) is 4. The molecule has 0 saturated heterocycles. The first kappa shape index (κ1) is 15.2. The van der Waals surface area contributed by atoms with Crippen LogP contribution < -0.4 is 10.5 Å². The lowest BCUT2D eigenvalue weighted by molar-refractivity contribution is 0.374. The van der Waals surface area contributed by atoms with E-state index in [0.29, 0.717) is 18.2 Å². The Morgan fingerprint density at radius 3 is 2.71 bits per heavy atom. The van der Waals surface area contributed by atoms with E-state index >= 15 is 0 Å². The number of hydrogen-bond acceptors (Lipinski definition) is 4. The minimum absolute atomic E-state index is 0.632. The second-order valence-electron chi connectivity index (χ2n) is 5.00. The van der Waals surface area contributed by atoms with E-state index in [2.05, 4.69) is 18.6 Å². The van der Waals surface area contributed by atoms with Crippen molar-refractivity contribution in [1.29, 1.82) is 0 Å². The van der Waals surface area contributed by atoms with Crippen LogP contribution in [-0.4, -0.2) is 26.4 Å². The summed E-state index contributed by atoms with van der Waals surface area (Å²) >= 11 is 0. The molecule has 114 valence electrons. The fourth-order valence-electron chi connectivity index (χ4n) is 2.59. The molecule has 2 aromatic heterocycles. The van der Waals surface area contributed by atoms with Crippen molar-refractivity contribution in [2.24, 2.45) is 7.05 Å². The minimum atomic E-state index is 0.632. The van der Waals surface area contributed by atoms with E-state index in [0.717, 1.165) is 35.6 Å². The second-order valence-corrected chi connectivity index (χ2v) is 5.00. The van der Waals surface area contributed by atoms with Gasteiger partial charge >= 0.3 is 0 Å². The average molecular weight is 289 g/mol. The van der Waals surface area contributed by atoms with E-state index in [1.807, 2.05) is 24.6 Å². The summed E-state index contributed by atoms with van der Waals surface area (Å²) in [5.41, 5.74) is 8.77. The quantitative estimate of drug-likeness (QED) is 0.828. The van der Waals surface area contributed by atoms with Crippen molar-refractivity contribution in [2.45, 2.75) is 33.2 Å². The number of rotatable bonds is 6. The maximum atomic E-state index is 6.31. The first-order chi connectivity index (χ1) is 10.0. The molecule has 0 unspecified atom stereocenters. The van der Waals surface area contributed by atoms with Gasteiger partial charge in [-0.3, -0.25) is 0 Å². The molecular weight excluding hydrogens is 266 g/mol. The third-order valence-corrected chi connectivity index (χ3v) is 3.47. The van der Waals surface area contributed by atoms with Gasteiger partial charge in [-0.2, -0.15) is 5.10 Å². The van der Waals surface area contributed by atoms with Gasteiger partial charge < -0.3 is 15.0 Å². The molecule has 2 aromatic rings. The molecular formula is C15H23N5O. The van der Waals surface area contributed by atoms with E-state index in [4.69, 9.17) is 15.5 Å². The van der Waals surface area contributed by atoms with Crippen LogP contribution in [0.2, 0.25) is 0 Å². The molecule has 0 atom stereocenters. The molecule has 0 radical (unpaired) electrons. The van der Waals surface area contributed by atoms with Gasteiger partial charge in [0, 0.05) is 20.0 Å². The van der Waals surface area contributed by atoms with Crippen LogP contribution in [0.4, 0.5) is 5.82 Å². The number of nitrogens with two attached hydrogens (primary N) is 1. The van der Waals surface area contributed by atoms with Crippen molar-refractivity contribution in [3.8, 4) is 17.1 Å². The first-order valence-electron chi connectivity index (χ1n) is 7.08. The van der Waals surface area contributed by atoms with Crippen LogP contribution in [-0.2, 0) is 20.0 Å². The van der Waals surface area contributed by atoms with Crippen molar-refractivity contribution >= 4 is 5.82 Å². The van der Waals surface area contributed by atoms with Gasteiger partial charge in [-0.25, -0.2) is 9.67 Å². The number of anilines is 1. The highest BCUT2D eigenvalue weighted by molar-refractivity contribution is 5.77. The SMILES string of the molecule is C=CCn1c(CCC)nc(-c2c(C)nn(C)c2OC)c1N. The fraction of sp³-hybridized carbons (Fsp3) is 0.467. The van der Waals surface area contributed by atoms with Gasteiger partial charge in [-0.05, 0) is 13.3 Å². The molecule has 0 aliphatic heterocycles. The number of nitrogen functional groups attached to an aromatic ring is 1. The molecule has 0 saturated carbocycles. The Morgan fingerprint density at radius 2 is 2.14 bits per heavy atom. The molecule has 0 aromatic carbocycles. The number of ether oxygens (including phenoxy) is 1. The van der Waals surface area contributed by atoms with E-state index in [-0.39, 0.29) is 0 Å². The molecule has 6 heteroatoms. The van der Waals surface area contributed by atoms with E-state index in [9.17, 15) is 0 Å². The summed E-state index contributed by atoms with van der Waals surface area (Å²) in [4.78, 5) is 4.73. The summed E-state index contributed by atoms with van der Waals surface area (Å²) in [5, 5.41) is 4.40. The summed E-state index contributed by atoms with van der Waals surface area (Å²) in [5.74, 6) is 2.27. The van der Waals surface area contributed by atoms with Crippen LogP contribution in [0.3, 0.4) is 0 Å². The van der Waals surface area contributed by atoms with Gasteiger partial charge in [0.1, 0.15) is 17.3 Å². The molecule has 0 aliphatic rings. The zero-order valence-electron chi connectivity index (χ0n) is 13.2. The van der Waals surface area contributed by atoms with Crippen molar-refractivity contribution in [3.05, 3.63) is 24.2 Å². The van der Waals surface area contributed by atoms with Crippen LogP contribution in [0, 0.1) is 6.92 Å². The number of methoxy groups -OCH3 is 1. The fourth-order valence-corrected chi connectivity index (χ4v) is 2.59. The van der Waals surface area contributed by atoms with Crippen molar-refractivity contribution < 1.29 is 4.74 Å². The van der Waals surface area contributed by atoms with Gasteiger partial charge in [-0.1, -0.05) is 13.0 Å². The molecule has 0 fully saturated rings. The van der Waals surface area contributed by atoms with Gasteiger partial charge in [0.2, 0.25) is 5.88 Å². The first-order valence-corrected chi connectivity index (χ1v) is 7.08. The van der Waals surface area contributed by atoms with Crippen molar-refractivity contribution in [3.63, 3.8) is 0 Å². The van der Waals surface area contributed by atoms with Gasteiger partial charge in [-0.15, -0.1) is 6.58 Å². The Morgan fingerprint density at radius 1 is 1.43 bits per heavy atom. The van der Waals surface area contributed by atoms with Crippen LogP contribution in [0.1, 0.15) is 24.9 Å². The van der Waals surface area contributed by atoms with E-state index in [1.165, 1.54) is 0 Å². The lowest BCUT2D eigenvalue weighted by atomic mass is 10.2. The summed E-state index contributed by atoms with van der Waals surface area (Å²) in [6.07, 6.45) is 3.71. The standard InChI is InChI=1S/C15H23N5O/c1-6-8-11-17-13(14(16)20(11)9-7-2)12-10(3)18-19(4)15(12)21-5/h7H,2,6,8-9,16H2,1,3-5H3. The lowest BCUT2D eigenvalue weighted by Crippen LogP contribution is -2.06. The average Bonchev–Trinajstić information content (AvgIpc) is 2.89. The highest BCUT2D eigenvalue weighted by atomic mass is 16.5. The predicted molar refractivity (Wildman–Crippen MR) is 84.3 cm³/mol. The minimum Gasteiger partial charge on any atom is -0.481 e. The maximum Gasteiger partial charge on any atom is 0.221 e. The third kappa shape index (κ3) is 2.53. The lowest BCUT2D eigenvalue weighted by Gasteiger charge is -2.06. The predicted octanol–water partition coefficient (Wildman–Crippen LogP) is 2.32. The van der Waals surface area contributed by atoms with E-state index < -0.39 is 0 Å². The molecule has 0 bridgehead atoms. The van der Waals surface area contributed by atoms with Crippen molar-refractivity contribution in [1.82, 2.24) is 19.3 Å². The summed E-state index contributed by atoms with van der Waals surface area (Å²) in [6, 6.07) is 0. The zero-order chi connectivity index (χ0) is 15.6. The third-order valence-electron chi connectivity index (χ3n) is 3.47. The normalized spacial score (nSPS) is 10.9. The van der Waals surface area contributed by atoms with E-state index in [1.54, 1.807) is 11.8 Å². The Balaban J connectivity index is 2.64. The van der Waals surface area contributed by atoms with Gasteiger partial charge in [0.15, 0.2) is 0 Å². The number of aryl methyl sites for hydroxylation is 3. The van der Waals surface area contributed by atoms with Crippen LogP contribution >= 0.6 is 0 Å². The molecule has 0 aliphatic carbocycles. The smallest absolute Gasteiger partial charge is 0.221 e. The molecule has 21 heavy (non-hydrogen) atoms. The molecule has 0 amide bonds. The number of allylic oxidation sites excluding steroid dienone is 1. The maximum absolute atomic E-state index is 6.31. The molecule has 2 rings (SSSR count). The monoisotopic (exact) mass is 289 g/mol. The molecule has 2 N–H and O–H groups in total. The van der Waals surface area contributed by atoms with Crippen molar-refractivity contribution in [2.75, 3.05) is 12.8 Å². The summed E-state index contributed by atoms with van der Waals surface area (Å²) in [6.45, 7) is 8.50. The number of aromatic nitrogens is 4. The number of imidazole rings is 1. The summed E-state index contributed by atoms with van der Waals surface area (Å²) < 4.78 is 9.15. The zero-order valence-corrected chi connectivity index (χ0v) is 13.2. The molecule has 2 heterocycles. The van der Waals surface area contributed by atoms with Crippen LogP contribution in [0.5, 0.6) is 5.88 Å². The summed E-state index contributed by atoms with van der Waals surface area (Å²) in [7, 11) is 3.48. The molecule has 6 nitrogen and oxygen atoms in total. The largest absolute Gasteiger partial charge is 0.481 e. The van der Waals surface area contributed by atoms with Crippen LogP contribution in [0.25, 0.3) is 11.3 Å². The Bertz CT molecular complexity index is 654. The van der Waals surface area contributed by atoms with Crippen LogP contribution in [0.15, 0.2) is 12.7 Å². The Kier molecular flexibility index (Phi) is 4.35. The highest BCUT2D eigenvalue weighted by Gasteiger charge is 2.23. The Hall–Kier alpha value is -2.24. The second kappa shape index (κ2) is 6.03.